The Kier molecular flexibility index (Phi) is 6.78. The van der Waals surface area contributed by atoms with Crippen molar-refractivity contribution in [1.82, 2.24) is 5.32 Å². The Labute approximate surface area is 155 Å². The molecular formula is C21H26N2O3. The summed E-state index contributed by atoms with van der Waals surface area (Å²) in [6.45, 7) is 6.21. The van der Waals surface area contributed by atoms with Gasteiger partial charge in [0.15, 0.2) is 0 Å². The van der Waals surface area contributed by atoms with E-state index in [1.54, 1.807) is 12.0 Å². The van der Waals surface area contributed by atoms with Crippen molar-refractivity contribution >= 4 is 17.5 Å². The second-order valence-corrected chi connectivity index (χ2v) is 6.30. The topological polar surface area (TPSA) is 58.6 Å². The van der Waals surface area contributed by atoms with Gasteiger partial charge in [0.2, 0.25) is 11.8 Å². The van der Waals surface area contributed by atoms with Gasteiger partial charge in [0.1, 0.15) is 5.75 Å². The number of para-hydroxylation sites is 1. The Hall–Kier alpha value is -2.82. The molecule has 0 aliphatic carbocycles. The molecule has 0 bridgehead atoms. The predicted octanol–water partition coefficient (Wildman–Crippen LogP) is 3.37. The first kappa shape index (κ1) is 19.5. The number of aryl methyl sites for hydroxylation is 2. The summed E-state index contributed by atoms with van der Waals surface area (Å²) in [5.41, 5.74) is 3.87. The van der Waals surface area contributed by atoms with Crippen molar-refractivity contribution < 1.29 is 14.3 Å². The van der Waals surface area contributed by atoms with E-state index < -0.39 is 0 Å². The summed E-state index contributed by atoms with van der Waals surface area (Å²) >= 11 is 0. The molecule has 0 atom stereocenters. The van der Waals surface area contributed by atoms with Crippen LogP contribution in [0, 0.1) is 13.8 Å². The van der Waals surface area contributed by atoms with Crippen LogP contribution in [0.25, 0.3) is 0 Å². The van der Waals surface area contributed by atoms with Crippen LogP contribution in [0.15, 0.2) is 42.5 Å². The van der Waals surface area contributed by atoms with Crippen molar-refractivity contribution in [2.45, 2.75) is 33.7 Å². The molecule has 2 aromatic rings. The Morgan fingerprint density at radius 1 is 1.12 bits per heavy atom. The van der Waals surface area contributed by atoms with Gasteiger partial charge in [-0.25, -0.2) is 0 Å². The maximum atomic E-state index is 12.2. The van der Waals surface area contributed by atoms with Gasteiger partial charge in [-0.3, -0.25) is 9.59 Å². The number of nitrogens with one attached hydrogen (secondary N) is 1. The highest BCUT2D eigenvalue weighted by Gasteiger charge is 2.15. The summed E-state index contributed by atoms with van der Waals surface area (Å²) in [5.74, 6) is 0.567. The van der Waals surface area contributed by atoms with E-state index in [4.69, 9.17) is 4.74 Å². The van der Waals surface area contributed by atoms with Crippen molar-refractivity contribution in [1.29, 1.82) is 0 Å². The first-order chi connectivity index (χ1) is 12.4. The number of rotatable bonds is 7. The Bertz CT molecular complexity index is 787. The Balaban J connectivity index is 1.97. The molecule has 0 saturated heterocycles. The highest BCUT2D eigenvalue weighted by Crippen LogP contribution is 2.22. The van der Waals surface area contributed by atoms with Crippen LogP contribution in [0.2, 0.25) is 0 Å². The highest BCUT2D eigenvalue weighted by atomic mass is 16.5. The third-order valence-electron chi connectivity index (χ3n) is 4.27. The van der Waals surface area contributed by atoms with Gasteiger partial charge >= 0.3 is 0 Å². The minimum Gasteiger partial charge on any atom is -0.496 e. The van der Waals surface area contributed by atoms with Crippen molar-refractivity contribution in [3.05, 3.63) is 59.2 Å². The van der Waals surface area contributed by atoms with Gasteiger partial charge in [0, 0.05) is 37.7 Å². The number of nitrogens with zero attached hydrogens (tertiary/aromatic N) is 1. The van der Waals surface area contributed by atoms with Crippen molar-refractivity contribution in [2.24, 2.45) is 0 Å². The summed E-state index contributed by atoms with van der Waals surface area (Å²) in [4.78, 5) is 26.0. The average Bonchev–Trinajstić information content (AvgIpc) is 2.62. The molecule has 0 aliphatic rings. The molecule has 0 aliphatic heterocycles. The van der Waals surface area contributed by atoms with Crippen LogP contribution in [0.3, 0.4) is 0 Å². The van der Waals surface area contributed by atoms with E-state index in [9.17, 15) is 9.59 Å². The number of hydrogen-bond acceptors (Lipinski definition) is 3. The maximum absolute atomic E-state index is 12.2. The van der Waals surface area contributed by atoms with Crippen molar-refractivity contribution in [3.63, 3.8) is 0 Å². The molecule has 0 aromatic heterocycles. The second-order valence-electron chi connectivity index (χ2n) is 6.30. The molecule has 5 heteroatoms. The third kappa shape index (κ3) is 5.09. The van der Waals surface area contributed by atoms with E-state index in [-0.39, 0.29) is 18.2 Å². The van der Waals surface area contributed by atoms with Crippen LogP contribution in [-0.4, -0.2) is 25.5 Å². The van der Waals surface area contributed by atoms with E-state index in [0.29, 0.717) is 13.1 Å². The second kappa shape index (κ2) is 9.04. The van der Waals surface area contributed by atoms with E-state index in [0.717, 1.165) is 28.1 Å². The van der Waals surface area contributed by atoms with Crippen molar-refractivity contribution in [3.8, 4) is 5.75 Å². The van der Waals surface area contributed by atoms with E-state index in [1.807, 2.05) is 56.3 Å². The largest absolute Gasteiger partial charge is 0.496 e. The number of methoxy groups -OCH3 is 1. The monoisotopic (exact) mass is 354 g/mol. The van der Waals surface area contributed by atoms with Crippen LogP contribution in [-0.2, 0) is 16.1 Å². The van der Waals surface area contributed by atoms with Crippen LogP contribution in [0.4, 0.5) is 5.69 Å². The van der Waals surface area contributed by atoms with Crippen LogP contribution < -0.4 is 15.0 Å². The number of carbonyl (C=O) groups excluding carboxylic acids is 2. The fourth-order valence-corrected chi connectivity index (χ4v) is 2.80. The van der Waals surface area contributed by atoms with Gasteiger partial charge in [-0.1, -0.05) is 30.3 Å². The van der Waals surface area contributed by atoms with Gasteiger partial charge < -0.3 is 15.0 Å². The number of ether oxygens (including phenoxy) is 1. The van der Waals surface area contributed by atoms with Crippen LogP contribution in [0.1, 0.15) is 30.0 Å². The lowest BCUT2D eigenvalue weighted by Gasteiger charge is -2.23. The normalized spacial score (nSPS) is 10.3. The van der Waals surface area contributed by atoms with Crippen LogP contribution in [0.5, 0.6) is 5.75 Å². The quantitative estimate of drug-likeness (QED) is 0.829. The van der Waals surface area contributed by atoms with Gasteiger partial charge in [-0.15, -0.1) is 0 Å². The molecule has 2 aromatic carbocycles. The van der Waals surface area contributed by atoms with Gasteiger partial charge in [0.05, 0.1) is 7.11 Å². The molecule has 0 fully saturated rings. The molecular weight excluding hydrogens is 328 g/mol. The van der Waals surface area contributed by atoms with E-state index in [1.165, 1.54) is 6.92 Å². The van der Waals surface area contributed by atoms with E-state index >= 15 is 0 Å². The lowest BCUT2D eigenvalue weighted by Crippen LogP contribution is -2.34. The number of carbonyl (C=O) groups is 2. The van der Waals surface area contributed by atoms with Crippen molar-refractivity contribution in [2.75, 3.05) is 18.6 Å². The molecule has 0 spiro atoms. The maximum Gasteiger partial charge on any atom is 0.223 e. The number of hydrogen-bond donors (Lipinski definition) is 1. The first-order valence-corrected chi connectivity index (χ1v) is 8.66. The zero-order valence-electron chi connectivity index (χ0n) is 15.8. The van der Waals surface area contributed by atoms with Gasteiger partial charge in [-0.2, -0.15) is 0 Å². The number of anilines is 1. The summed E-state index contributed by atoms with van der Waals surface area (Å²) in [6.07, 6.45) is 0.238. The molecule has 138 valence electrons. The number of benzene rings is 2. The van der Waals surface area contributed by atoms with E-state index in [2.05, 4.69) is 5.32 Å². The zero-order valence-corrected chi connectivity index (χ0v) is 15.8. The lowest BCUT2D eigenvalue weighted by molar-refractivity contribution is -0.121. The molecule has 26 heavy (non-hydrogen) atoms. The summed E-state index contributed by atoms with van der Waals surface area (Å²) < 4.78 is 5.29. The average molecular weight is 354 g/mol. The molecule has 2 amide bonds. The molecule has 0 unspecified atom stereocenters. The molecule has 0 radical (unpaired) electrons. The molecule has 5 nitrogen and oxygen atoms in total. The zero-order chi connectivity index (χ0) is 19.1. The minimum atomic E-state index is -0.104. The fourth-order valence-electron chi connectivity index (χ4n) is 2.80. The van der Waals surface area contributed by atoms with Gasteiger partial charge in [-0.05, 0) is 37.1 Å². The molecule has 0 heterocycles. The van der Waals surface area contributed by atoms with Crippen LogP contribution >= 0.6 is 0 Å². The minimum absolute atomic E-state index is 0.0729. The Morgan fingerprint density at radius 2 is 1.85 bits per heavy atom. The third-order valence-corrected chi connectivity index (χ3v) is 4.27. The summed E-state index contributed by atoms with van der Waals surface area (Å²) in [5, 5.41) is 2.89. The fraction of sp³-hybridized carbons (Fsp3) is 0.333. The first-order valence-electron chi connectivity index (χ1n) is 8.66. The predicted molar refractivity (Wildman–Crippen MR) is 103 cm³/mol. The summed E-state index contributed by atoms with van der Waals surface area (Å²) in [6, 6.07) is 13.5. The smallest absolute Gasteiger partial charge is 0.223 e. The summed E-state index contributed by atoms with van der Waals surface area (Å²) in [7, 11) is 1.61. The molecule has 1 N–H and O–H groups in total. The van der Waals surface area contributed by atoms with Gasteiger partial charge in [0.25, 0.3) is 0 Å². The molecule has 0 saturated carbocycles. The molecule has 2 rings (SSSR count). The lowest BCUT2D eigenvalue weighted by atomic mass is 10.1. The SMILES string of the molecule is COc1ccccc1CNC(=O)CCN(C(C)=O)c1cc(C)ccc1C. The standard InChI is InChI=1S/C21H26N2O3/c1-15-9-10-16(2)19(13-15)23(17(3)24)12-11-21(25)22-14-18-7-5-6-8-20(18)26-4/h5-10,13H,11-12,14H2,1-4H3,(H,22,25). The Morgan fingerprint density at radius 3 is 2.54 bits per heavy atom. The number of amides is 2. The highest BCUT2D eigenvalue weighted by molar-refractivity contribution is 5.93.